The van der Waals surface area contributed by atoms with E-state index in [1.54, 1.807) is 31.3 Å². The van der Waals surface area contributed by atoms with Gasteiger partial charge in [0.25, 0.3) is 5.56 Å². The summed E-state index contributed by atoms with van der Waals surface area (Å²) < 4.78 is 2.61. The van der Waals surface area contributed by atoms with Crippen LogP contribution in [0.15, 0.2) is 39.9 Å². The lowest BCUT2D eigenvalue weighted by molar-refractivity contribution is -0.116. The third-order valence-corrected chi connectivity index (χ3v) is 5.45. The number of carbonyl (C=O) groups excluding carboxylic acids is 1. The largest absolute Gasteiger partial charge is 0.356 e. The molecule has 1 fully saturated rings. The molecule has 3 rings (SSSR count). The van der Waals surface area contributed by atoms with E-state index in [-0.39, 0.29) is 17.2 Å². The quantitative estimate of drug-likeness (QED) is 0.789. The average molecular weight is 420 g/mol. The van der Waals surface area contributed by atoms with Crippen molar-refractivity contribution in [3.8, 4) is 0 Å². The highest BCUT2D eigenvalue weighted by Gasteiger charge is 2.19. The number of benzene rings is 1. The van der Waals surface area contributed by atoms with Crippen molar-refractivity contribution in [1.82, 2.24) is 14.0 Å². The minimum atomic E-state index is -0.326. The molecule has 2 heterocycles. The van der Waals surface area contributed by atoms with Crippen molar-refractivity contribution in [2.45, 2.75) is 12.8 Å². The van der Waals surface area contributed by atoms with Crippen LogP contribution in [0.1, 0.15) is 12.8 Å². The summed E-state index contributed by atoms with van der Waals surface area (Å²) in [6.07, 6.45) is 1.29. The smallest absolute Gasteiger partial charge is 0.332 e. The molecule has 2 aromatic rings. The van der Waals surface area contributed by atoms with Crippen molar-refractivity contribution in [2.75, 3.05) is 42.9 Å². The second kappa shape index (κ2) is 9.28. The highest BCUT2D eigenvalue weighted by Crippen LogP contribution is 2.15. The molecule has 8 nitrogen and oxygen atoms in total. The van der Waals surface area contributed by atoms with Crippen LogP contribution < -0.4 is 21.5 Å². The van der Waals surface area contributed by atoms with E-state index in [0.717, 1.165) is 36.3 Å². The number of nitrogens with one attached hydrogen (secondary N) is 1. The Hall–Kier alpha value is -2.58. The highest BCUT2D eigenvalue weighted by atomic mass is 35.5. The molecule has 1 aromatic heterocycles. The lowest BCUT2D eigenvalue weighted by Crippen LogP contribution is -2.41. The summed E-state index contributed by atoms with van der Waals surface area (Å²) >= 11 is 5.86. The summed E-state index contributed by atoms with van der Waals surface area (Å²) in [7, 11) is 3.16. The molecular formula is C20H26ClN5O3. The van der Waals surface area contributed by atoms with Crippen LogP contribution >= 0.6 is 11.6 Å². The maximum Gasteiger partial charge on any atom is 0.332 e. The fourth-order valence-electron chi connectivity index (χ4n) is 3.46. The highest BCUT2D eigenvalue weighted by molar-refractivity contribution is 6.30. The maximum absolute atomic E-state index is 12.2. The number of carbonyl (C=O) groups is 1. The maximum atomic E-state index is 12.2. The van der Waals surface area contributed by atoms with E-state index in [0.29, 0.717) is 30.4 Å². The lowest BCUT2D eigenvalue weighted by Gasteiger charge is -2.25. The number of amides is 1. The molecule has 0 aliphatic carbocycles. The van der Waals surface area contributed by atoms with Crippen LogP contribution in [-0.4, -0.2) is 52.7 Å². The molecule has 0 atom stereocenters. The van der Waals surface area contributed by atoms with Gasteiger partial charge in [0.1, 0.15) is 5.82 Å². The van der Waals surface area contributed by atoms with E-state index in [1.807, 2.05) is 0 Å². The molecule has 1 aliphatic heterocycles. The van der Waals surface area contributed by atoms with Gasteiger partial charge in [-0.25, -0.2) is 4.79 Å². The molecule has 9 heteroatoms. The summed E-state index contributed by atoms with van der Waals surface area (Å²) in [6.45, 7) is 3.73. The summed E-state index contributed by atoms with van der Waals surface area (Å²) in [4.78, 5) is 40.7. The third-order valence-electron chi connectivity index (χ3n) is 5.20. The van der Waals surface area contributed by atoms with Crippen LogP contribution in [0.2, 0.25) is 5.02 Å². The Morgan fingerprint density at radius 3 is 2.48 bits per heavy atom. The van der Waals surface area contributed by atoms with Crippen molar-refractivity contribution in [3.05, 3.63) is 56.2 Å². The zero-order chi connectivity index (χ0) is 21.0. The van der Waals surface area contributed by atoms with E-state index in [9.17, 15) is 14.4 Å². The van der Waals surface area contributed by atoms with Gasteiger partial charge in [0, 0.05) is 63.5 Å². The Labute approximate surface area is 174 Å². The number of anilines is 2. The van der Waals surface area contributed by atoms with Crippen LogP contribution in [0.25, 0.3) is 0 Å². The number of rotatable bonds is 5. The van der Waals surface area contributed by atoms with Gasteiger partial charge in [-0.05, 0) is 37.2 Å². The number of halogens is 1. The second-order valence-electron chi connectivity index (χ2n) is 7.23. The minimum Gasteiger partial charge on any atom is -0.356 e. The van der Waals surface area contributed by atoms with Crippen LogP contribution in [0.5, 0.6) is 0 Å². The average Bonchev–Trinajstić information content (AvgIpc) is 2.95. The normalized spacial score (nSPS) is 15.2. The van der Waals surface area contributed by atoms with Crippen LogP contribution in [0.3, 0.4) is 0 Å². The predicted molar refractivity (Wildman–Crippen MR) is 115 cm³/mol. The number of nitrogens with zero attached hydrogens (tertiary/aromatic N) is 4. The van der Waals surface area contributed by atoms with Gasteiger partial charge in [-0.3, -0.25) is 18.7 Å². The van der Waals surface area contributed by atoms with E-state index < -0.39 is 0 Å². The van der Waals surface area contributed by atoms with Crippen LogP contribution in [-0.2, 0) is 18.9 Å². The Balaban J connectivity index is 1.55. The van der Waals surface area contributed by atoms with Gasteiger partial charge in [0.2, 0.25) is 5.91 Å². The number of hydrogen-bond donors (Lipinski definition) is 1. The van der Waals surface area contributed by atoms with Gasteiger partial charge >= 0.3 is 5.69 Å². The van der Waals surface area contributed by atoms with Gasteiger partial charge in [-0.2, -0.15) is 0 Å². The van der Waals surface area contributed by atoms with Gasteiger partial charge in [0.15, 0.2) is 0 Å². The van der Waals surface area contributed by atoms with Crippen molar-refractivity contribution in [2.24, 2.45) is 14.1 Å². The monoisotopic (exact) mass is 419 g/mol. The Bertz CT molecular complexity index is 983. The van der Waals surface area contributed by atoms with Gasteiger partial charge in [0.05, 0.1) is 0 Å². The third kappa shape index (κ3) is 5.27. The van der Waals surface area contributed by atoms with Gasteiger partial charge in [-0.1, -0.05) is 11.6 Å². The number of hydrogen-bond acceptors (Lipinski definition) is 5. The first kappa shape index (κ1) is 21.1. The topological polar surface area (TPSA) is 79.6 Å². The molecule has 1 saturated heterocycles. The Kier molecular flexibility index (Phi) is 6.76. The lowest BCUT2D eigenvalue weighted by atomic mass is 10.3. The molecule has 1 aliphatic rings. The van der Waals surface area contributed by atoms with E-state index >= 15 is 0 Å². The molecule has 0 radical (unpaired) electrons. The molecule has 156 valence electrons. The molecular weight excluding hydrogens is 394 g/mol. The van der Waals surface area contributed by atoms with Crippen LogP contribution in [0.4, 0.5) is 11.5 Å². The minimum absolute atomic E-state index is 0.0395. The molecule has 29 heavy (non-hydrogen) atoms. The van der Waals surface area contributed by atoms with E-state index in [4.69, 9.17) is 11.6 Å². The standard InChI is InChI=1S/C20H26ClN5O3/c1-23-18(14-19(28)24(2)20(23)29)26-10-3-9-25(12-13-26)11-8-17(27)22-16-6-4-15(21)5-7-16/h4-7,14H,3,8-13H2,1-2H3,(H,22,27). The second-order valence-corrected chi connectivity index (χ2v) is 7.67. The van der Waals surface area contributed by atoms with Crippen LogP contribution in [0, 0.1) is 0 Å². The Morgan fingerprint density at radius 1 is 1.03 bits per heavy atom. The van der Waals surface area contributed by atoms with Crippen molar-refractivity contribution in [3.63, 3.8) is 0 Å². The van der Waals surface area contributed by atoms with E-state index in [2.05, 4.69) is 15.1 Å². The first-order chi connectivity index (χ1) is 13.8. The first-order valence-corrected chi connectivity index (χ1v) is 10.0. The molecule has 1 aromatic carbocycles. The summed E-state index contributed by atoms with van der Waals surface area (Å²) in [5.41, 5.74) is 0.101. The van der Waals surface area contributed by atoms with Crippen molar-refractivity contribution >= 4 is 29.0 Å². The summed E-state index contributed by atoms with van der Waals surface area (Å²) in [6, 6.07) is 8.54. The fraction of sp³-hybridized carbons (Fsp3) is 0.450. The molecule has 1 N–H and O–H groups in total. The molecule has 0 spiro atoms. The van der Waals surface area contributed by atoms with Crippen molar-refractivity contribution < 1.29 is 4.79 Å². The van der Waals surface area contributed by atoms with E-state index in [1.165, 1.54) is 17.7 Å². The predicted octanol–water partition coefficient (Wildman–Crippen LogP) is 1.28. The summed E-state index contributed by atoms with van der Waals surface area (Å²) in [5, 5.41) is 3.50. The Morgan fingerprint density at radius 2 is 1.76 bits per heavy atom. The van der Waals surface area contributed by atoms with Crippen molar-refractivity contribution in [1.29, 1.82) is 0 Å². The molecule has 0 saturated carbocycles. The zero-order valence-corrected chi connectivity index (χ0v) is 17.5. The zero-order valence-electron chi connectivity index (χ0n) is 16.7. The first-order valence-electron chi connectivity index (χ1n) is 9.65. The van der Waals surface area contributed by atoms with Gasteiger partial charge < -0.3 is 15.1 Å². The fourth-order valence-corrected chi connectivity index (χ4v) is 3.59. The molecule has 0 unspecified atom stereocenters. The summed E-state index contributed by atoms with van der Waals surface area (Å²) in [5.74, 6) is 0.600. The molecule has 1 amide bonds. The van der Waals surface area contributed by atoms with Gasteiger partial charge in [-0.15, -0.1) is 0 Å². The SMILES string of the molecule is Cn1c(N2CCCN(CCC(=O)Nc3ccc(Cl)cc3)CC2)cc(=O)n(C)c1=O. The number of aromatic nitrogens is 2. The molecule has 0 bridgehead atoms.